The molecule has 0 heterocycles. The van der Waals surface area contributed by atoms with Crippen molar-refractivity contribution in [2.24, 2.45) is 11.8 Å². The molecule has 0 N–H and O–H groups in total. The maximum absolute atomic E-state index is 10.9. The molecule has 0 unspecified atom stereocenters. The summed E-state index contributed by atoms with van der Waals surface area (Å²) in [6.45, 7) is 0. The van der Waals surface area contributed by atoms with E-state index in [0.717, 1.165) is 17.4 Å². The lowest BCUT2D eigenvalue weighted by Gasteiger charge is -2.26. The molecule has 0 bridgehead atoms. The maximum Gasteiger partial charge on any atom is 0.273 e. The highest BCUT2D eigenvalue weighted by molar-refractivity contribution is 5.60. The molecule has 0 radical (unpaired) electrons. The van der Waals surface area contributed by atoms with Crippen molar-refractivity contribution in [3.8, 4) is 0 Å². The zero-order valence-corrected chi connectivity index (χ0v) is 7.51. The molecule has 3 nitrogen and oxygen atoms in total. The first kappa shape index (κ1) is 6.98. The number of nitro benzene ring substituents is 1. The number of benzene rings is 1. The molecule has 1 aromatic rings. The summed E-state index contributed by atoms with van der Waals surface area (Å²) in [6, 6.07) is 5.56. The van der Waals surface area contributed by atoms with Gasteiger partial charge < -0.3 is 0 Å². The second-order valence-electron chi connectivity index (χ2n) is 4.65. The average molecular weight is 187 g/mol. The van der Waals surface area contributed by atoms with E-state index >= 15 is 0 Å². The van der Waals surface area contributed by atoms with Gasteiger partial charge in [-0.1, -0.05) is 12.1 Å². The van der Waals surface area contributed by atoms with E-state index in [2.05, 4.69) is 6.07 Å². The molecule has 3 heteroatoms. The fraction of sp³-hybridized carbons (Fsp3) is 0.455. The molecule has 2 fully saturated rings. The van der Waals surface area contributed by atoms with Gasteiger partial charge in [-0.25, -0.2) is 0 Å². The molecule has 3 aliphatic rings. The Labute approximate surface area is 80.9 Å². The molecular formula is C11H9NO2. The Morgan fingerprint density at radius 2 is 2.29 bits per heavy atom. The minimum absolute atomic E-state index is 0.223. The van der Waals surface area contributed by atoms with Crippen LogP contribution in [0.3, 0.4) is 0 Å². The van der Waals surface area contributed by atoms with Crippen molar-refractivity contribution in [2.75, 3.05) is 0 Å². The summed E-state index contributed by atoms with van der Waals surface area (Å²) in [5.74, 6) is 2.80. The van der Waals surface area contributed by atoms with Crippen LogP contribution in [0.5, 0.6) is 0 Å². The van der Waals surface area contributed by atoms with Gasteiger partial charge in [0.05, 0.1) is 4.92 Å². The molecule has 4 rings (SSSR count). The smallest absolute Gasteiger partial charge is 0.258 e. The Kier molecular flexibility index (Phi) is 0.923. The van der Waals surface area contributed by atoms with Crippen LogP contribution >= 0.6 is 0 Å². The Morgan fingerprint density at radius 3 is 3.07 bits per heavy atom. The lowest BCUT2D eigenvalue weighted by atomic mass is 9.78. The van der Waals surface area contributed by atoms with E-state index in [1.807, 2.05) is 6.07 Å². The Morgan fingerprint density at radius 1 is 1.43 bits per heavy atom. The van der Waals surface area contributed by atoms with Gasteiger partial charge >= 0.3 is 0 Å². The summed E-state index contributed by atoms with van der Waals surface area (Å²) >= 11 is 0. The molecule has 0 aliphatic heterocycles. The van der Waals surface area contributed by atoms with Crippen LogP contribution in [0.4, 0.5) is 5.69 Å². The number of rotatable bonds is 1. The summed E-state index contributed by atoms with van der Waals surface area (Å²) in [5.41, 5.74) is 2.71. The third-order valence-corrected chi connectivity index (χ3v) is 4.27. The van der Waals surface area contributed by atoms with Gasteiger partial charge in [-0.2, -0.15) is 0 Å². The normalized spacial score (nSPS) is 39.7. The van der Waals surface area contributed by atoms with E-state index in [9.17, 15) is 10.1 Å². The van der Waals surface area contributed by atoms with E-state index in [-0.39, 0.29) is 4.92 Å². The van der Waals surface area contributed by atoms with Crippen LogP contribution in [-0.2, 0) is 0 Å². The van der Waals surface area contributed by atoms with Gasteiger partial charge in [-0.15, -0.1) is 0 Å². The number of hydrogen-bond donors (Lipinski definition) is 0. The topological polar surface area (TPSA) is 43.1 Å². The van der Waals surface area contributed by atoms with Crippen molar-refractivity contribution in [1.29, 1.82) is 0 Å². The van der Waals surface area contributed by atoms with Crippen molar-refractivity contribution >= 4 is 5.69 Å². The fourth-order valence-electron chi connectivity index (χ4n) is 3.66. The van der Waals surface area contributed by atoms with E-state index in [0.29, 0.717) is 17.5 Å². The largest absolute Gasteiger partial charge is 0.273 e. The Hall–Kier alpha value is -1.38. The lowest BCUT2D eigenvalue weighted by molar-refractivity contribution is -0.385. The number of nitro groups is 1. The molecule has 70 valence electrons. The molecule has 1 aromatic carbocycles. The first-order valence-electron chi connectivity index (χ1n) is 5.06. The van der Waals surface area contributed by atoms with Crippen molar-refractivity contribution in [2.45, 2.75) is 18.3 Å². The van der Waals surface area contributed by atoms with Crippen LogP contribution in [0, 0.1) is 22.0 Å². The Balaban J connectivity index is 2.00. The molecule has 2 saturated carbocycles. The van der Waals surface area contributed by atoms with Gasteiger partial charge in [0.25, 0.3) is 5.69 Å². The standard InChI is InChI=1S/C11H9NO2/c13-12(14)8-3-1-2-5-6-4-7-9(6)11(7)10(5)8/h1-3,6-7,9,11H,4H2/t6-,7+,9+,11+/m0/s1. The summed E-state index contributed by atoms with van der Waals surface area (Å²) in [7, 11) is 0. The van der Waals surface area contributed by atoms with Crippen LogP contribution in [-0.4, -0.2) is 4.92 Å². The molecule has 0 spiro atoms. The minimum Gasteiger partial charge on any atom is -0.258 e. The highest BCUT2D eigenvalue weighted by Gasteiger charge is 2.70. The first-order chi connectivity index (χ1) is 6.79. The van der Waals surface area contributed by atoms with Crippen LogP contribution in [0.15, 0.2) is 18.2 Å². The number of nitrogens with zero attached hydrogens (tertiary/aromatic N) is 1. The maximum atomic E-state index is 10.9. The Bertz CT molecular complexity index is 468. The van der Waals surface area contributed by atoms with Gasteiger partial charge in [-0.05, 0) is 35.7 Å². The predicted molar refractivity (Wildman–Crippen MR) is 50.2 cm³/mol. The minimum atomic E-state index is -0.223. The van der Waals surface area contributed by atoms with Crippen LogP contribution < -0.4 is 0 Å². The van der Waals surface area contributed by atoms with E-state index in [1.165, 1.54) is 12.0 Å². The van der Waals surface area contributed by atoms with Crippen LogP contribution in [0.2, 0.25) is 0 Å². The SMILES string of the molecule is O=[N+]([O-])c1cccc2c1[C@@H]1[C@@H]3C[C@@H]2[C@H]31. The predicted octanol–water partition coefficient (Wildman–Crippen LogP) is 2.43. The summed E-state index contributed by atoms with van der Waals surface area (Å²) in [6.07, 6.45) is 1.28. The van der Waals surface area contributed by atoms with Crippen molar-refractivity contribution in [3.63, 3.8) is 0 Å². The number of hydrogen-bond acceptors (Lipinski definition) is 2. The lowest BCUT2D eigenvalue weighted by Crippen LogP contribution is -2.14. The second-order valence-corrected chi connectivity index (χ2v) is 4.65. The summed E-state index contributed by atoms with van der Waals surface area (Å²) in [5, 5.41) is 10.9. The fourth-order valence-corrected chi connectivity index (χ4v) is 3.66. The molecular weight excluding hydrogens is 178 g/mol. The van der Waals surface area contributed by atoms with Gasteiger partial charge in [0.2, 0.25) is 0 Å². The highest BCUT2D eigenvalue weighted by Crippen LogP contribution is 2.79. The summed E-state index contributed by atoms with van der Waals surface area (Å²) in [4.78, 5) is 10.6. The summed E-state index contributed by atoms with van der Waals surface area (Å²) < 4.78 is 0. The van der Waals surface area contributed by atoms with Gasteiger partial charge in [0, 0.05) is 11.6 Å². The number of fused-ring (bicyclic) bond motifs is 4. The molecule has 0 aromatic heterocycles. The van der Waals surface area contributed by atoms with Crippen molar-refractivity contribution < 1.29 is 4.92 Å². The molecule has 3 aliphatic carbocycles. The van der Waals surface area contributed by atoms with Crippen molar-refractivity contribution in [3.05, 3.63) is 39.4 Å². The molecule has 4 atom stereocenters. The van der Waals surface area contributed by atoms with Gasteiger partial charge in [0.15, 0.2) is 0 Å². The first-order valence-corrected chi connectivity index (χ1v) is 5.06. The van der Waals surface area contributed by atoms with Crippen LogP contribution in [0.25, 0.3) is 0 Å². The van der Waals surface area contributed by atoms with Crippen LogP contribution in [0.1, 0.15) is 29.4 Å². The molecule has 0 saturated heterocycles. The zero-order valence-electron chi connectivity index (χ0n) is 7.51. The third-order valence-electron chi connectivity index (χ3n) is 4.27. The van der Waals surface area contributed by atoms with E-state index in [4.69, 9.17) is 0 Å². The molecule has 0 amide bonds. The monoisotopic (exact) mass is 187 g/mol. The van der Waals surface area contributed by atoms with E-state index in [1.54, 1.807) is 6.07 Å². The highest BCUT2D eigenvalue weighted by atomic mass is 16.6. The zero-order chi connectivity index (χ0) is 9.45. The van der Waals surface area contributed by atoms with Crippen molar-refractivity contribution in [1.82, 2.24) is 0 Å². The molecule has 14 heavy (non-hydrogen) atoms. The van der Waals surface area contributed by atoms with Gasteiger partial charge in [0.1, 0.15) is 0 Å². The second kappa shape index (κ2) is 1.85. The van der Waals surface area contributed by atoms with E-state index < -0.39 is 0 Å². The third kappa shape index (κ3) is 0.541. The van der Waals surface area contributed by atoms with Gasteiger partial charge in [-0.3, -0.25) is 10.1 Å². The average Bonchev–Trinajstić information content (AvgIpc) is 2.61. The quantitative estimate of drug-likeness (QED) is 0.500.